The van der Waals surface area contributed by atoms with Crippen molar-refractivity contribution in [1.82, 2.24) is 5.32 Å². The predicted octanol–water partition coefficient (Wildman–Crippen LogP) is 3.52. The van der Waals surface area contributed by atoms with E-state index in [1.54, 1.807) is 5.32 Å². The summed E-state index contributed by atoms with van der Waals surface area (Å²) in [4.78, 5) is 76.2. The van der Waals surface area contributed by atoms with Crippen molar-refractivity contribution in [3.63, 3.8) is 0 Å². The molecule has 1 heterocycles. The Hall–Kier alpha value is -5.92. The maximum atomic E-state index is 14.0. The van der Waals surface area contributed by atoms with Gasteiger partial charge in [0.25, 0.3) is 5.69 Å². The van der Waals surface area contributed by atoms with Gasteiger partial charge in [0.15, 0.2) is 17.9 Å². The number of hydrogen-bond acceptors (Lipinski definition) is 14. The fourth-order valence-corrected chi connectivity index (χ4v) is 7.01. The van der Waals surface area contributed by atoms with Gasteiger partial charge in [-0.1, -0.05) is 12.1 Å². The quantitative estimate of drug-likeness (QED) is 0.0659. The smallest absolute Gasteiger partial charge is 0.471 e. The van der Waals surface area contributed by atoms with Gasteiger partial charge in [-0.3, -0.25) is 29.3 Å². The number of fused-ring (bicyclic) bond motifs is 3. The Kier molecular flexibility index (Phi) is 8.90. The van der Waals surface area contributed by atoms with Gasteiger partial charge in [0.2, 0.25) is 5.78 Å². The molecule has 6 rings (SSSR count). The number of methoxy groups -OCH3 is 1. The van der Waals surface area contributed by atoms with Crippen molar-refractivity contribution >= 4 is 34.9 Å². The van der Waals surface area contributed by atoms with Crippen LogP contribution in [0.3, 0.4) is 0 Å². The van der Waals surface area contributed by atoms with E-state index in [9.17, 15) is 62.6 Å². The number of nitro groups is 1. The van der Waals surface area contributed by atoms with Crippen LogP contribution in [0.1, 0.15) is 90.2 Å². The molecule has 0 aromatic heterocycles. The summed E-state index contributed by atoms with van der Waals surface area (Å²) in [5.41, 5.74) is -6.40. The van der Waals surface area contributed by atoms with Crippen molar-refractivity contribution in [2.75, 3.05) is 7.04 Å². The van der Waals surface area contributed by atoms with E-state index in [-0.39, 0.29) is 11.3 Å². The Morgan fingerprint density at radius 3 is 2.35 bits per heavy atom. The van der Waals surface area contributed by atoms with Crippen molar-refractivity contribution in [2.24, 2.45) is 0 Å². The Morgan fingerprint density at radius 1 is 1.05 bits per heavy atom. The third kappa shape index (κ3) is 6.85. The monoisotopic (exact) mass is 776 g/mol. The first-order chi connectivity index (χ1) is 26.9. The molecule has 3 aliphatic rings. The highest BCUT2D eigenvalue weighted by molar-refractivity contribution is 6.31. The van der Waals surface area contributed by atoms with Crippen LogP contribution in [0.2, 0.25) is 0 Å². The van der Waals surface area contributed by atoms with Crippen LogP contribution in [0.15, 0.2) is 42.5 Å². The largest absolute Gasteiger partial charge is 0.507 e. The molecule has 290 valence electrons. The molecule has 1 saturated heterocycles. The van der Waals surface area contributed by atoms with Crippen LogP contribution in [0.25, 0.3) is 0 Å². The van der Waals surface area contributed by atoms with Crippen LogP contribution >= 0.6 is 0 Å². The SMILES string of the molecule is [2H][13C]([2H])([2H])Oc1cccc2c1C(=O)c1c(O)c3c(c(O)c1C2=O)C[C@@](O)(C(C)=O)C[C@@H]3O[C@H]1C[C@H](NC(=O)C(F)(F)F)[C@H](OC(=O)c2ccc([N+](=O)[O-])cc2)[C@H](C)O1. The summed E-state index contributed by atoms with van der Waals surface area (Å²) in [6.45, 7) is 2.22. The number of alkyl halides is 3. The van der Waals surface area contributed by atoms with Gasteiger partial charge in [-0.2, -0.15) is 13.2 Å². The number of aliphatic hydroxyl groups is 1. The summed E-state index contributed by atoms with van der Waals surface area (Å²) in [6, 6.07) is 5.72. The van der Waals surface area contributed by atoms with Gasteiger partial charge in [-0.25, -0.2) is 4.79 Å². The number of esters is 1. The maximum Gasteiger partial charge on any atom is 0.471 e. The molecule has 3 aromatic rings. The lowest BCUT2D eigenvalue weighted by Crippen LogP contribution is -2.59. The second kappa shape index (κ2) is 14.1. The molecule has 0 bridgehead atoms. The van der Waals surface area contributed by atoms with E-state index in [1.807, 2.05) is 0 Å². The number of carbonyl (C=O) groups excluding carboxylic acids is 5. The normalized spacial score (nSPS) is 25.6. The van der Waals surface area contributed by atoms with Gasteiger partial charge >= 0.3 is 18.1 Å². The van der Waals surface area contributed by atoms with E-state index in [2.05, 4.69) is 0 Å². The Labute approximate surface area is 312 Å². The minimum Gasteiger partial charge on any atom is -0.507 e. The van der Waals surface area contributed by atoms with Gasteiger partial charge in [-0.15, -0.1) is 0 Å². The third-order valence-corrected chi connectivity index (χ3v) is 9.74. The molecule has 55 heavy (non-hydrogen) atoms. The first-order valence-electron chi connectivity index (χ1n) is 17.8. The highest BCUT2D eigenvalue weighted by Crippen LogP contribution is 2.52. The Balaban J connectivity index is 1.38. The lowest BCUT2D eigenvalue weighted by atomic mass is 9.72. The second-order valence-electron chi connectivity index (χ2n) is 13.1. The number of ether oxygens (including phenoxy) is 4. The molecule has 0 saturated carbocycles. The van der Waals surface area contributed by atoms with Crippen molar-refractivity contribution in [3.8, 4) is 17.2 Å². The van der Waals surface area contributed by atoms with E-state index in [4.69, 9.17) is 23.1 Å². The van der Waals surface area contributed by atoms with E-state index in [0.717, 1.165) is 43.3 Å². The van der Waals surface area contributed by atoms with Crippen LogP contribution in [0.4, 0.5) is 18.9 Å². The van der Waals surface area contributed by atoms with E-state index in [0.29, 0.717) is 0 Å². The number of nitro benzene ring substituents is 1. The van der Waals surface area contributed by atoms with Crippen molar-refractivity contribution in [3.05, 3.63) is 91.5 Å². The summed E-state index contributed by atoms with van der Waals surface area (Å²) in [7, 11) is -3.09. The standard InChI is InChI=1S/C36H31F3N2O14/c1-14-32(55-33(47)16-7-9-17(10-8-16)41(50)51)20(40-34(48)36(37,38)39)11-23(53-14)54-22-13-35(49,15(2)42)12-19-25(22)31(46)27-26(29(19)44)28(43)18-5-4-6-21(52-3)24(18)30(27)45/h4-10,14,20,22-23,32,44,46,49H,11-13H2,1-3H3,(H,40,48)/t14-,20-,22-,23-,32+,35-/m0/s1/i3+1D3. The number of Topliss-reactive ketones (excluding diaryl/α,β-unsaturated/α-hetero) is 1. The van der Waals surface area contributed by atoms with Gasteiger partial charge < -0.3 is 39.6 Å². The van der Waals surface area contributed by atoms with Gasteiger partial charge in [-0.05, 0) is 32.0 Å². The molecular weight excluding hydrogens is 742 g/mol. The topological polar surface area (TPSA) is 238 Å². The molecule has 1 aliphatic heterocycles. The van der Waals surface area contributed by atoms with Crippen LogP contribution in [-0.2, 0) is 30.2 Å². The number of amides is 1. The Bertz CT molecular complexity index is 2270. The molecule has 16 nitrogen and oxygen atoms in total. The number of halogens is 3. The van der Waals surface area contributed by atoms with Crippen LogP contribution in [-0.4, -0.2) is 92.8 Å². The van der Waals surface area contributed by atoms with Crippen LogP contribution in [0, 0.1) is 10.1 Å². The maximum absolute atomic E-state index is 14.0. The number of ketones is 3. The van der Waals surface area contributed by atoms with Gasteiger partial charge in [0.1, 0.15) is 29.0 Å². The van der Waals surface area contributed by atoms with E-state index >= 15 is 0 Å². The lowest BCUT2D eigenvalue weighted by Gasteiger charge is -2.43. The number of phenolic OH excluding ortho intramolecular Hbond substituents is 2. The molecule has 0 radical (unpaired) electrons. The number of carbonyl (C=O) groups is 5. The lowest BCUT2D eigenvalue weighted by molar-refractivity contribution is -0.384. The molecule has 0 unspecified atom stereocenters. The third-order valence-electron chi connectivity index (χ3n) is 9.74. The molecule has 6 atom stereocenters. The predicted molar refractivity (Wildman–Crippen MR) is 177 cm³/mol. The number of non-ortho nitro benzene ring substituents is 1. The van der Waals surface area contributed by atoms with Crippen LogP contribution < -0.4 is 10.1 Å². The summed E-state index contributed by atoms with van der Waals surface area (Å²) in [5, 5.41) is 47.6. The zero-order valence-corrected chi connectivity index (χ0v) is 28.5. The minimum atomic E-state index is -5.43. The number of phenols is 2. The molecule has 1 fully saturated rings. The molecule has 3 aromatic carbocycles. The van der Waals surface area contributed by atoms with Crippen molar-refractivity contribution < 1.29 is 80.4 Å². The van der Waals surface area contributed by atoms with Crippen LogP contribution in [0.5, 0.6) is 17.2 Å². The average molecular weight is 777 g/mol. The summed E-state index contributed by atoms with van der Waals surface area (Å²) in [6.07, 6.45) is -14.1. The highest BCUT2D eigenvalue weighted by atomic mass is 19.4. The number of rotatable bonds is 8. The number of nitrogens with one attached hydrogen (secondary N) is 1. The highest BCUT2D eigenvalue weighted by Gasteiger charge is 2.51. The molecule has 1 amide bonds. The molecule has 0 spiro atoms. The number of nitrogens with zero attached hydrogens (tertiary/aromatic N) is 1. The zero-order chi connectivity index (χ0) is 42.8. The number of aromatic hydroxyl groups is 2. The second-order valence-corrected chi connectivity index (χ2v) is 13.1. The minimum absolute atomic E-state index is 0.245. The van der Waals surface area contributed by atoms with Crippen molar-refractivity contribution in [2.45, 2.75) is 75.5 Å². The summed E-state index contributed by atoms with van der Waals surface area (Å²) < 4.78 is 85.2. The number of hydrogen-bond donors (Lipinski definition) is 4. The zero-order valence-electron chi connectivity index (χ0n) is 31.5. The molecule has 19 heteroatoms. The van der Waals surface area contributed by atoms with Gasteiger partial charge in [0, 0.05) is 48.1 Å². The van der Waals surface area contributed by atoms with Crippen molar-refractivity contribution in [1.29, 1.82) is 0 Å². The van der Waals surface area contributed by atoms with Gasteiger partial charge in [0.05, 0.1) is 56.6 Å². The molecular formula is C36H31F3N2O14. The first kappa shape index (κ1) is 34.8. The fraction of sp³-hybridized carbons (Fsp3) is 0.361. The molecule has 2 aliphatic carbocycles. The average Bonchev–Trinajstić information content (AvgIpc) is 3.12. The molecule has 4 N–H and O–H groups in total. The number of benzene rings is 3. The Morgan fingerprint density at radius 2 is 1.73 bits per heavy atom. The first-order valence-corrected chi connectivity index (χ1v) is 16.3. The van der Waals surface area contributed by atoms with E-state index < -0.39 is 154 Å². The fourth-order valence-electron chi connectivity index (χ4n) is 7.01. The van der Waals surface area contributed by atoms with E-state index in [1.165, 1.54) is 13.0 Å². The summed E-state index contributed by atoms with van der Waals surface area (Å²) >= 11 is 0. The summed E-state index contributed by atoms with van der Waals surface area (Å²) in [5.74, 6) is -9.22.